The molecule has 0 spiro atoms. The van der Waals surface area contributed by atoms with Crippen molar-refractivity contribution in [3.05, 3.63) is 70.4 Å². The zero-order chi connectivity index (χ0) is 17.9. The third kappa shape index (κ3) is 4.33. The number of benzene rings is 1. The molecule has 3 rings (SSSR count). The summed E-state index contributed by atoms with van der Waals surface area (Å²) in [6.07, 6.45) is 3.09. The lowest BCUT2D eigenvalue weighted by molar-refractivity contribution is 0.601. The molecule has 0 unspecified atom stereocenters. The van der Waals surface area contributed by atoms with Crippen molar-refractivity contribution in [2.24, 2.45) is 0 Å². The average molecular weight is 352 g/mol. The number of aromatic amines is 1. The predicted molar refractivity (Wildman–Crippen MR) is 101 cm³/mol. The predicted octanol–water partition coefficient (Wildman–Crippen LogP) is 3.61. The van der Waals surface area contributed by atoms with Gasteiger partial charge in [-0.15, -0.1) is 22.0 Å². The second-order valence-electron chi connectivity index (χ2n) is 6.60. The number of aryl methyl sites for hydroxylation is 1. The van der Waals surface area contributed by atoms with Crippen LogP contribution in [-0.4, -0.2) is 25.9 Å². The molecule has 2 aromatic heterocycles. The van der Waals surface area contributed by atoms with Gasteiger partial charge >= 0.3 is 5.69 Å². The van der Waals surface area contributed by atoms with Crippen LogP contribution in [0.3, 0.4) is 0 Å². The van der Waals surface area contributed by atoms with Gasteiger partial charge in [0, 0.05) is 23.7 Å². The lowest BCUT2D eigenvalue weighted by atomic mass is 9.86. The summed E-state index contributed by atoms with van der Waals surface area (Å²) in [5.74, 6) is 0.907. The van der Waals surface area contributed by atoms with E-state index in [1.807, 2.05) is 12.1 Å². The Labute approximate surface area is 151 Å². The van der Waals surface area contributed by atoms with E-state index in [4.69, 9.17) is 0 Å². The summed E-state index contributed by atoms with van der Waals surface area (Å²) < 4.78 is 0. The summed E-state index contributed by atoms with van der Waals surface area (Å²) in [5.41, 5.74) is 3.68. The van der Waals surface area contributed by atoms with Gasteiger partial charge in [-0.25, -0.2) is 9.78 Å². The molecule has 6 heteroatoms. The van der Waals surface area contributed by atoms with E-state index in [1.54, 1.807) is 18.0 Å². The van der Waals surface area contributed by atoms with E-state index in [-0.39, 0.29) is 11.1 Å². The van der Waals surface area contributed by atoms with E-state index < -0.39 is 0 Å². The maximum absolute atomic E-state index is 11.0. The highest BCUT2D eigenvalue weighted by atomic mass is 32.2. The molecule has 0 saturated carbocycles. The normalized spacial score (nSPS) is 11.5. The standard InChI is InChI=1S/C19H20N4OS/c1-13-4-6-15(7-5-13)19(2,3)12-25-17-9-8-16(22-23-17)14-10-20-18(24)21-11-14/h4-11H,12H2,1-3H3,(H,20,21,24). The van der Waals surface area contributed by atoms with Gasteiger partial charge in [-0.2, -0.15) is 0 Å². The van der Waals surface area contributed by atoms with E-state index in [0.717, 1.165) is 16.3 Å². The molecule has 25 heavy (non-hydrogen) atoms. The van der Waals surface area contributed by atoms with E-state index in [2.05, 4.69) is 65.2 Å². The van der Waals surface area contributed by atoms with Crippen molar-refractivity contribution >= 4 is 11.8 Å². The maximum atomic E-state index is 11.0. The van der Waals surface area contributed by atoms with Gasteiger partial charge in [0.2, 0.25) is 0 Å². The fourth-order valence-electron chi connectivity index (χ4n) is 2.38. The lowest BCUT2D eigenvalue weighted by Gasteiger charge is -2.24. The van der Waals surface area contributed by atoms with Crippen molar-refractivity contribution in [1.82, 2.24) is 20.2 Å². The Morgan fingerprint density at radius 2 is 1.84 bits per heavy atom. The zero-order valence-electron chi connectivity index (χ0n) is 14.5. The number of rotatable bonds is 5. The summed E-state index contributed by atoms with van der Waals surface area (Å²) in [6.45, 7) is 6.57. The largest absolute Gasteiger partial charge is 0.344 e. The molecular weight excluding hydrogens is 332 g/mol. The van der Waals surface area contributed by atoms with Crippen LogP contribution < -0.4 is 5.69 Å². The van der Waals surface area contributed by atoms with Crippen molar-refractivity contribution < 1.29 is 0 Å². The summed E-state index contributed by atoms with van der Waals surface area (Å²) in [5, 5.41) is 9.39. The van der Waals surface area contributed by atoms with Crippen molar-refractivity contribution in [2.75, 3.05) is 5.75 Å². The van der Waals surface area contributed by atoms with E-state index >= 15 is 0 Å². The maximum Gasteiger partial charge on any atom is 0.344 e. The Balaban J connectivity index is 1.68. The summed E-state index contributed by atoms with van der Waals surface area (Å²) in [4.78, 5) is 17.3. The van der Waals surface area contributed by atoms with Gasteiger partial charge in [-0.1, -0.05) is 43.7 Å². The second kappa shape index (κ2) is 7.19. The first-order valence-electron chi connectivity index (χ1n) is 8.03. The fraction of sp³-hybridized carbons (Fsp3) is 0.263. The van der Waals surface area contributed by atoms with Crippen molar-refractivity contribution in [1.29, 1.82) is 0 Å². The van der Waals surface area contributed by atoms with Gasteiger partial charge in [0.1, 0.15) is 5.03 Å². The Hall–Kier alpha value is -2.47. The van der Waals surface area contributed by atoms with Gasteiger partial charge < -0.3 is 4.98 Å². The Bertz CT molecular complexity index is 881. The van der Waals surface area contributed by atoms with Gasteiger partial charge in [-0.3, -0.25) is 0 Å². The minimum Gasteiger partial charge on any atom is -0.312 e. The van der Waals surface area contributed by atoms with Crippen molar-refractivity contribution in [3.8, 4) is 11.3 Å². The highest BCUT2D eigenvalue weighted by Gasteiger charge is 2.21. The molecule has 0 fully saturated rings. The van der Waals surface area contributed by atoms with Crippen LogP contribution in [0, 0.1) is 6.92 Å². The molecule has 3 aromatic rings. The minimum atomic E-state index is -0.373. The number of thioether (sulfide) groups is 1. The minimum absolute atomic E-state index is 0.0432. The number of nitrogens with one attached hydrogen (secondary N) is 1. The van der Waals surface area contributed by atoms with Crippen LogP contribution >= 0.6 is 11.8 Å². The third-order valence-corrected chi connectivity index (χ3v) is 5.40. The highest BCUT2D eigenvalue weighted by Crippen LogP contribution is 2.30. The van der Waals surface area contributed by atoms with Crippen LogP contribution in [0.25, 0.3) is 11.3 Å². The van der Waals surface area contributed by atoms with Crippen LogP contribution in [-0.2, 0) is 5.41 Å². The number of hydrogen-bond donors (Lipinski definition) is 1. The smallest absolute Gasteiger partial charge is 0.312 e. The summed E-state index contributed by atoms with van der Waals surface area (Å²) >= 11 is 1.69. The van der Waals surface area contributed by atoms with Gasteiger partial charge in [0.25, 0.3) is 0 Å². The zero-order valence-corrected chi connectivity index (χ0v) is 15.3. The fourth-order valence-corrected chi connectivity index (χ4v) is 3.31. The van der Waals surface area contributed by atoms with Crippen LogP contribution in [0.15, 0.2) is 58.6 Å². The first-order chi connectivity index (χ1) is 11.9. The lowest BCUT2D eigenvalue weighted by Crippen LogP contribution is -2.20. The first kappa shape index (κ1) is 17.4. The number of H-pyrrole nitrogens is 1. The quantitative estimate of drug-likeness (QED) is 0.710. The van der Waals surface area contributed by atoms with Crippen LogP contribution in [0.2, 0.25) is 0 Å². The summed E-state index contributed by atoms with van der Waals surface area (Å²) in [7, 11) is 0. The van der Waals surface area contributed by atoms with Gasteiger partial charge in [-0.05, 0) is 30.0 Å². The summed E-state index contributed by atoms with van der Waals surface area (Å²) in [6, 6.07) is 12.5. The first-order valence-corrected chi connectivity index (χ1v) is 9.01. The van der Waals surface area contributed by atoms with Crippen LogP contribution in [0.4, 0.5) is 0 Å². The molecule has 0 amide bonds. The molecule has 0 radical (unpaired) electrons. The molecule has 2 heterocycles. The molecule has 0 aliphatic carbocycles. The Kier molecular flexibility index (Phi) is 4.99. The Morgan fingerprint density at radius 1 is 1.08 bits per heavy atom. The number of aromatic nitrogens is 4. The van der Waals surface area contributed by atoms with Crippen molar-refractivity contribution in [3.63, 3.8) is 0 Å². The SMILES string of the molecule is Cc1ccc(C(C)(C)CSc2ccc(-c3cnc(=O)[nH]c3)nn2)cc1. The number of nitrogens with zero attached hydrogens (tertiary/aromatic N) is 3. The average Bonchev–Trinajstić information content (AvgIpc) is 2.62. The molecule has 0 atom stereocenters. The third-order valence-electron chi connectivity index (χ3n) is 4.02. The van der Waals surface area contributed by atoms with Crippen LogP contribution in [0.5, 0.6) is 0 Å². The van der Waals surface area contributed by atoms with Crippen molar-refractivity contribution in [2.45, 2.75) is 31.2 Å². The molecule has 0 aliphatic rings. The molecule has 5 nitrogen and oxygen atoms in total. The molecule has 1 aromatic carbocycles. The van der Waals surface area contributed by atoms with Gasteiger partial charge in [0.15, 0.2) is 0 Å². The van der Waals surface area contributed by atoms with E-state index in [0.29, 0.717) is 5.69 Å². The van der Waals surface area contributed by atoms with Gasteiger partial charge in [0.05, 0.1) is 5.69 Å². The number of hydrogen-bond acceptors (Lipinski definition) is 5. The molecule has 0 saturated heterocycles. The topological polar surface area (TPSA) is 71.5 Å². The molecule has 1 N–H and O–H groups in total. The van der Waals surface area contributed by atoms with E-state index in [9.17, 15) is 4.79 Å². The van der Waals surface area contributed by atoms with Crippen LogP contribution in [0.1, 0.15) is 25.0 Å². The molecule has 128 valence electrons. The monoisotopic (exact) mass is 352 g/mol. The Morgan fingerprint density at radius 3 is 2.44 bits per heavy atom. The van der Waals surface area contributed by atoms with E-state index in [1.165, 1.54) is 17.3 Å². The molecule has 0 aliphatic heterocycles. The molecule has 0 bridgehead atoms. The second-order valence-corrected chi connectivity index (χ2v) is 7.60. The highest BCUT2D eigenvalue weighted by molar-refractivity contribution is 7.99. The molecular formula is C19H20N4OS.